The molecule has 0 aromatic rings. The van der Waals surface area contributed by atoms with Gasteiger partial charge in [0.25, 0.3) is 0 Å². The third-order valence-electron chi connectivity index (χ3n) is 4.54. The van der Waals surface area contributed by atoms with Crippen molar-refractivity contribution in [3.63, 3.8) is 0 Å². The topological polar surface area (TPSA) is 66.9 Å². The highest BCUT2D eigenvalue weighted by atomic mass is 32.2. The highest BCUT2D eigenvalue weighted by Crippen LogP contribution is 2.19. The number of hydrogen-bond acceptors (Lipinski definition) is 5. The molecule has 7 heteroatoms. The van der Waals surface area contributed by atoms with Crippen LogP contribution in [0.3, 0.4) is 0 Å². The molecule has 0 N–H and O–H groups in total. The summed E-state index contributed by atoms with van der Waals surface area (Å²) < 4.78 is 28.5. The van der Waals surface area contributed by atoms with E-state index in [0.29, 0.717) is 25.6 Å². The van der Waals surface area contributed by atoms with Crippen LogP contribution >= 0.6 is 0 Å². The fourth-order valence-corrected chi connectivity index (χ4v) is 4.98. The zero-order valence-corrected chi connectivity index (χ0v) is 13.8. The van der Waals surface area contributed by atoms with Gasteiger partial charge in [0.1, 0.15) is 0 Å². The highest BCUT2D eigenvalue weighted by molar-refractivity contribution is 7.91. The van der Waals surface area contributed by atoms with Gasteiger partial charge in [0.05, 0.1) is 24.2 Å². The summed E-state index contributed by atoms with van der Waals surface area (Å²) in [6.07, 6.45) is 2.79. The van der Waals surface area contributed by atoms with Gasteiger partial charge in [-0.2, -0.15) is 0 Å². The van der Waals surface area contributed by atoms with E-state index in [9.17, 15) is 13.2 Å². The van der Waals surface area contributed by atoms with Crippen molar-refractivity contribution < 1.29 is 17.9 Å². The number of likely N-dealkylation sites (tertiary alicyclic amines) is 1. The lowest BCUT2D eigenvalue weighted by Crippen LogP contribution is -2.48. The molecule has 1 atom stereocenters. The molecule has 2 fully saturated rings. The van der Waals surface area contributed by atoms with E-state index in [0.717, 1.165) is 25.9 Å². The zero-order valence-electron chi connectivity index (χ0n) is 13.0. The number of nitrogens with zero attached hydrogens (tertiary/aromatic N) is 2. The van der Waals surface area contributed by atoms with Gasteiger partial charge in [-0.3, -0.25) is 9.69 Å². The minimum Gasteiger partial charge on any atom is -0.381 e. The standard InChI is InChI=1S/C14H26N2O4S/c1-3-16(12-6-9-21(18,19)11-12)14(17)10-15-7-4-13(20-2)5-8-15/h12-13H,3-11H2,1-2H3. The van der Waals surface area contributed by atoms with Gasteiger partial charge in [0.15, 0.2) is 9.84 Å². The Kier molecular flexibility index (Phi) is 5.62. The van der Waals surface area contributed by atoms with Crippen LogP contribution in [0.1, 0.15) is 26.2 Å². The molecule has 2 aliphatic heterocycles. The normalized spacial score (nSPS) is 26.9. The summed E-state index contributed by atoms with van der Waals surface area (Å²) in [6, 6.07) is -0.135. The van der Waals surface area contributed by atoms with E-state index in [1.165, 1.54) is 0 Å². The van der Waals surface area contributed by atoms with Crippen LogP contribution in [0.4, 0.5) is 0 Å². The quantitative estimate of drug-likeness (QED) is 0.721. The van der Waals surface area contributed by atoms with Crippen molar-refractivity contribution in [1.82, 2.24) is 9.80 Å². The molecule has 6 nitrogen and oxygen atoms in total. The molecule has 0 aromatic carbocycles. The van der Waals surface area contributed by atoms with Gasteiger partial charge < -0.3 is 9.64 Å². The van der Waals surface area contributed by atoms with Crippen molar-refractivity contribution in [2.75, 3.05) is 44.8 Å². The van der Waals surface area contributed by atoms with Crippen molar-refractivity contribution >= 4 is 15.7 Å². The summed E-state index contributed by atoms with van der Waals surface area (Å²) >= 11 is 0. The molecule has 2 heterocycles. The van der Waals surface area contributed by atoms with Gasteiger partial charge in [0, 0.05) is 32.8 Å². The summed E-state index contributed by atoms with van der Waals surface area (Å²) in [5.41, 5.74) is 0. The number of rotatable bonds is 5. The van der Waals surface area contributed by atoms with Crippen LogP contribution in [-0.2, 0) is 19.4 Å². The predicted molar refractivity (Wildman–Crippen MR) is 80.9 cm³/mol. The Morgan fingerprint density at radius 3 is 2.43 bits per heavy atom. The molecular weight excluding hydrogens is 292 g/mol. The second-order valence-corrected chi connectivity index (χ2v) is 8.18. The number of piperidine rings is 1. The summed E-state index contributed by atoms with van der Waals surface area (Å²) in [5, 5.41) is 0. The third kappa shape index (κ3) is 4.40. The van der Waals surface area contributed by atoms with E-state index in [1.54, 1.807) is 12.0 Å². The van der Waals surface area contributed by atoms with Crippen molar-refractivity contribution in [2.45, 2.75) is 38.3 Å². The first kappa shape index (κ1) is 16.7. The van der Waals surface area contributed by atoms with Crippen LogP contribution < -0.4 is 0 Å². The molecule has 0 spiro atoms. The summed E-state index contributed by atoms with van der Waals surface area (Å²) in [6.45, 7) is 4.61. The molecular formula is C14H26N2O4S. The Morgan fingerprint density at radius 1 is 1.29 bits per heavy atom. The van der Waals surface area contributed by atoms with Crippen LogP contribution in [0.2, 0.25) is 0 Å². The van der Waals surface area contributed by atoms with Crippen LogP contribution in [-0.4, -0.2) is 81.1 Å². The lowest BCUT2D eigenvalue weighted by atomic mass is 10.1. The first-order chi connectivity index (χ1) is 9.95. The van der Waals surface area contributed by atoms with Gasteiger partial charge in [-0.25, -0.2) is 8.42 Å². The minimum atomic E-state index is -2.95. The molecule has 21 heavy (non-hydrogen) atoms. The molecule has 2 saturated heterocycles. The van der Waals surface area contributed by atoms with Crippen LogP contribution in [0.15, 0.2) is 0 Å². The average Bonchev–Trinajstić information content (AvgIpc) is 2.80. The van der Waals surface area contributed by atoms with Crippen LogP contribution in [0.25, 0.3) is 0 Å². The van der Waals surface area contributed by atoms with Crippen molar-refractivity contribution in [2.24, 2.45) is 0 Å². The highest BCUT2D eigenvalue weighted by Gasteiger charge is 2.34. The van der Waals surface area contributed by atoms with E-state index >= 15 is 0 Å². The summed E-state index contributed by atoms with van der Waals surface area (Å²) in [4.78, 5) is 16.3. The van der Waals surface area contributed by atoms with E-state index in [4.69, 9.17) is 4.74 Å². The zero-order chi connectivity index (χ0) is 15.5. The number of carbonyl (C=O) groups excluding carboxylic acids is 1. The van der Waals surface area contributed by atoms with E-state index in [-0.39, 0.29) is 23.5 Å². The van der Waals surface area contributed by atoms with E-state index in [2.05, 4.69) is 4.90 Å². The molecule has 1 amide bonds. The molecule has 1 unspecified atom stereocenters. The first-order valence-corrected chi connectivity index (χ1v) is 9.52. The number of ether oxygens (including phenoxy) is 1. The Balaban J connectivity index is 1.86. The molecule has 0 bridgehead atoms. The fourth-order valence-electron chi connectivity index (χ4n) is 3.24. The van der Waals surface area contributed by atoms with Gasteiger partial charge >= 0.3 is 0 Å². The Bertz CT molecular complexity index is 458. The molecule has 0 aromatic heterocycles. The molecule has 0 radical (unpaired) electrons. The van der Waals surface area contributed by atoms with Crippen molar-refractivity contribution in [1.29, 1.82) is 0 Å². The molecule has 2 aliphatic rings. The number of likely N-dealkylation sites (N-methyl/N-ethyl adjacent to an activating group) is 1. The Labute approximate surface area is 127 Å². The van der Waals surface area contributed by atoms with Crippen LogP contribution in [0.5, 0.6) is 0 Å². The number of sulfone groups is 1. The maximum Gasteiger partial charge on any atom is 0.237 e. The predicted octanol–water partition coefficient (Wildman–Crippen LogP) is 0.133. The lowest BCUT2D eigenvalue weighted by Gasteiger charge is -2.33. The number of methoxy groups -OCH3 is 1. The number of amides is 1. The first-order valence-electron chi connectivity index (χ1n) is 7.70. The second kappa shape index (κ2) is 7.07. The van der Waals surface area contributed by atoms with Gasteiger partial charge in [-0.15, -0.1) is 0 Å². The van der Waals surface area contributed by atoms with Gasteiger partial charge in [0.2, 0.25) is 5.91 Å². The summed E-state index contributed by atoms with van der Waals surface area (Å²) in [5.74, 6) is 0.384. The van der Waals surface area contributed by atoms with E-state index < -0.39 is 9.84 Å². The number of carbonyl (C=O) groups is 1. The SMILES string of the molecule is CCN(C(=O)CN1CCC(OC)CC1)C1CCS(=O)(=O)C1. The smallest absolute Gasteiger partial charge is 0.237 e. The maximum absolute atomic E-state index is 12.4. The number of hydrogen-bond donors (Lipinski definition) is 0. The van der Waals surface area contributed by atoms with Crippen LogP contribution in [0, 0.1) is 0 Å². The van der Waals surface area contributed by atoms with Crippen molar-refractivity contribution in [3.05, 3.63) is 0 Å². The fraction of sp³-hybridized carbons (Fsp3) is 0.929. The lowest BCUT2D eigenvalue weighted by molar-refractivity contribution is -0.134. The largest absolute Gasteiger partial charge is 0.381 e. The molecule has 122 valence electrons. The van der Waals surface area contributed by atoms with Gasteiger partial charge in [-0.1, -0.05) is 0 Å². The molecule has 2 rings (SSSR count). The second-order valence-electron chi connectivity index (χ2n) is 5.95. The summed E-state index contributed by atoms with van der Waals surface area (Å²) in [7, 11) is -1.22. The Hall–Kier alpha value is -0.660. The Morgan fingerprint density at radius 2 is 1.95 bits per heavy atom. The molecule has 0 aliphatic carbocycles. The third-order valence-corrected chi connectivity index (χ3v) is 6.29. The average molecular weight is 318 g/mol. The molecule has 0 saturated carbocycles. The van der Waals surface area contributed by atoms with E-state index in [1.807, 2.05) is 6.92 Å². The van der Waals surface area contributed by atoms with Crippen molar-refractivity contribution in [3.8, 4) is 0 Å². The maximum atomic E-state index is 12.4. The van der Waals surface area contributed by atoms with Gasteiger partial charge in [-0.05, 0) is 26.2 Å². The monoisotopic (exact) mass is 318 g/mol. The minimum absolute atomic E-state index is 0.0514.